The Morgan fingerprint density at radius 2 is 1.25 bits per heavy atom. The molecule has 444 valence electrons. The van der Waals surface area contributed by atoms with Gasteiger partial charge in [-0.3, -0.25) is 14.4 Å². The van der Waals surface area contributed by atoms with Gasteiger partial charge in [-0.25, -0.2) is 32.3 Å². The van der Waals surface area contributed by atoms with Gasteiger partial charge in [0.15, 0.2) is 8.32 Å². The number of nitrogens with zero attached hydrogens (tertiary/aromatic N) is 2. The number of hydrogen-bond donors (Lipinski definition) is 5. The fraction of sp³-hybridized carbons (Fsp3) is 0.648. The topological polar surface area (TPSA) is 285 Å². The maximum atomic E-state index is 15.2. The van der Waals surface area contributed by atoms with Crippen molar-refractivity contribution >= 4 is 60.3 Å². The molecule has 79 heavy (non-hydrogen) atoms. The molecule has 0 fully saturated rings. The van der Waals surface area contributed by atoms with E-state index in [9.17, 15) is 37.2 Å². The summed E-state index contributed by atoms with van der Waals surface area (Å²) in [6.07, 6.45) is -2.37. The molecule has 0 aliphatic carbocycles. The minimum absolute atomic E-state index is 0.00586. The maximum Gasteiger partial charge on any atom is 0.410 e. The maximum absolute atomic E-state index is 15.2. The number of rotatable bonds is 20. The van der Waals surface area contributed by atoms with Crippen LogP contribution in [0.1, 0.15) is 114 Å². The molecule has 0 saturated carbocycles. The summed E-state index contributed by atoms with van der Waals surface area (Å²) in [5, 5.41) is 10.4. The zero-order valence-electron chi connectivity index (χ0n) is 49.5. The van der Waals surface area contributed by atoms with E-state index in [0.717, 1.165) is 9.80 Å². The van der Waals surface area contributed by atoms with Gasteiger partial charge in [-0.15, -0.1) is 0 Å². The van der Waals surface area contributed by atoms with Crippen molar-refractivity contribution in [3.63, 3.8) is 0 Å². The van der Waals surface area contributed by atoms with E-state index in [4.69, 9.17) is 32.8 Å². The summed E-state index contributed by atoms with van der Waals surface area (Å²) in [7, 11) is -2.95. The number of esters is 1. The van der Waals surface area contributed by atoms with Crippen molar-refractivity contribution in [2.75, 3.05) is 66.4 Å². The van der Waals surface area contributed by atoms with Crippen LogP contribution in [0, 0.1) is 0 Å². The molecule has 6 amide bonds. The van der Waals surface area contributed by atoms with Crippen molar-refractivity contribution in [3.05, 3.63) is 47.5 Å². The molecule has 4 atom stereocenters. The van der Waals surface area contributed by atoms with Gasteiger partial charge in [-0.1, -0.05) is 32.9 Å². The number of alkyl carbamates (subject to hydrolysis) is 2. The zero-order valence-corrected chi connectivity index (χ0v) is 51.3. The normalized spacial score (nSPS) is 16.9. The highest BCUT2D eigenvalue weighted by Crippen LogP contribution is 2.41. The van der Waals surface area contributed by atoms with Crippen LogP contribution in [-0.2, 0) is 59.0 Å². The molecule has 0 saturated heterocycles. The molecule has 0 unspecified atom stereocenters. The molecule has 25 heteroatoms. The van der Waals surface area contributed by atoms with Crippen LogP contribution < -0.4 is 35.5 Å². The fourth-order valence-electron chi connectivity index (χ4n) is 7.35. The molecule has 1 aliphatic heterocycles. The fourth-order valence-corrected chi connectivity index (χ4v) is 9.69. The molecule has 0 aromatic heterocycles. The van der Waals surface area contributed by atoms with Crippen molar-refractivity contribution in [1.29, 1.82) is 0 Å². The first kappa shape index (κ1) is 67.1. The van der Waals surface area contributed by atoms with E-state index >= 15 is 4.79 Å². The number of nitrogens with one attached hydrogen (secondary N) is 5. The van der Waals surface area contributed by atoms with Gasteiger partial charge in [0, 0.05) is 44.8 Å². The lowest BCUT2D eigenvalue weighted by Crippen LogP contribution is -2.55. The van der Waals surface area contributed by atoms with Crippen molar-refractivity contribution in [3.8, 4) is 22.6 Å². The second-order valence-electron chi connectivity index (χ2n) is 23.8. The number of amides is 6. The molecule has 0 spiro atoms. The second kappa shape index (κ2) is 27.8. The van der Waals surface area contributed by atoms with Gasteiger partial charge >= 0.3 is 24.2 Å². The zero-order chi connectivity index (χ0) is 60.1. The number of methoxy groups -OCH3 is 1. The Kier molecular flexibility index (Phi) is 23.6. The second-order valence-corrected chi connectivity index (χ2v) is 30.5. The molecule has 4 bridgehead atoms. The van der Waals surface area contributed by atoms with Crippen molar-refractivity contribution < 1.29 is 74.8 Å². The Bertz CT molecular complexity index is 2590. The lowest BCUT2D eigenvalue weighted by atomic mass is 9.93. The van der Waals surface area contributed by atoms with E-state index in [2.05, 4.69) is 26.0 Å². The largest absolute Gasteiger partial charge is 0.491 e. The van der Waals surface area contributed by atoms with E-state index < -0.39 is 107 Å². The highest BCUT2D eigenvalue weighted by molar-refractivity contribution is 7.89. The quantitative estimate of drug-likeness (QED) is 0.0443. The first-order valence-corrected chi connectivity index (χ1v) is 30.8. The highest BCUT2D eigenvalue weighted by Gasteiger charge is 2.40. The molecule has 2 aromatic rings. The Balaban J connectivity index is 2.31. The number of ether oxygens (including phenoxy) is 6. The first-order valence-electron chi connectivity index (χ1n) is 26.2. The summed E-state index contributed by atoms with van der Waals surface area (Å²) in [5.41, 5.74) is -1.07. The van der Waals surface area contributed by atoms with Crippen molar-refractivity contribution in [2.24, 2.45) is 0 Å². The van der Waals surface area contributed by atoms with Gasteiger partial charge in [0.05, 0.1) is 26.0 Å². The molecule has 2 aromatic carbocycles. The van der Waals surface area contributed by atoms with Gasteiger partial charge in [-0.2, -0.15) is 0 Å². The minimum atomic E-state index is -4.36. The summed E-state index contributed by atoms with van der Waals surface area (Å²) < 4.78 is 70.8. The predicted molar refractivity (Wildman–Crippen MR) is 299 cm³/mol. The van der Waals surface area contributed by atoms with E-state index in [0.29, 0.717) is 16.7 Å². The number of carbonyl (C=O) groups excluding carboxylic acids is 7. The van der Waals surface area contributed by atoms with E-state index in [-0.39, 0.29) is 74.4 Å². The third-order valence-electron chi connectivity index (χ3n) is 12.4. The van der Waals surface area contributed by atoms with Crippen LogP contribution in [0.15, 0.2) is 36.4 Å². The Morgan fingerprint density at radius 1 is 0.734 bits per heavy atom. The van der Waals surface area contributed by atoms with Crippen LogP contribution in [-0.4, -0.2) is 170 Å². The molecule has 3 rings (SSSR count). The summed E-state index contributed by atoms with van der Waals surface area (Å²) >= 11 is 0. The lowest BCUT2D eigenvalue weighted by molar-refractivity contribution is -0.145. The van der Waals surface area contributed by atoms with Crippen molar-refractivity contribution in [1.82, 2.24) is 35.8 Å². The van der Waals surface area contributed by atoms with Crippen LogP contribution in [0.25, 0.3) is 11.1 Å². The standard InChI is InChI=1S/C54H87N7O16SSi/c1-34-44(62)58-40(47(65)71-16)32-35-19-21-41(72-28-24-55-48(66)75-51(2,3)4)37(31-35)38-33-36(20-22-42(38)73-29-25-56-49(67)76-52(5,6)7)43(45(63)57-34)61(15)46(64)39(23-27-74-79(17,18)54(11,12)13)59-78(69,70)30-26-60(14)50(68)77-53(8,9)10/h19-22,31,33-34,39-40,43,59H,23-30,32H2,1-18H3,(H,55,66)(H,56,67)(H,57,63)(H,58,62)/t34-,39-,40-,43-/m0/s1. The molecular formula is C54H87N7O16SSi. The lowest BCUT2D eigenvalue weighted by Gasteiger charge is -2.37. The van der Waals surface area contributed by atoms with Crippen LogP contribution in [0.3, 0.4) is 0 Å². The smallest absolute Gasteiger partial charge is 0.410 e. The first-order chi connectivity index (χ1) is 36.2. The molecule has 1 aliphatic rings. The number of sulfonamides is 1. The predicted octanol–water partition coefficient (Wildman–Crippen LogP) is 5.95. The SMILES string of the molecule is COC(=O)[C@@H]1Cc2ccc(OCCNC(=O)OC(C)(C)C)c(c2)-c2cc(ccc2OCCNC(=O)OC(C)(C)C)[C@H](N(C)C(=O)[C@H](CCO[Si](C)(C)C(C)(C)C)NS(=O)(=O)CCN(C)C(=O)OC(C)(C)C)C(=O)N[C@@H](C)C(=O)N1. The number of likely N-dealkylation sites (N-methyl/N-ethyl adjacent to an activating group) is 1. The van der Waals surface area contributed by atoms with E-state index in [1.165, 1.54) is 34.2 Å². The van der Waals surface area contributed by atoms with Gasteiger partial charge in [0.25, 0.3) is 0 Å². The summed E-state index contributed by atoms with van der Waals surface area (Å²) in [6, 6.07) is 3.95. The average molecular weight is 1150 g/mol. The average Bonchev–Trinajstić information content (AvgIpc) is 3.30. The number of fused-ring (bicyclic) bond motifs is 5. The highest BCUT2D eigenvalue weighted by atomic mass is 32.2. The molecule has 23 nitrogen and oxygen atoms in total. The number of hydrogen-bond acceptors (Lipinski definition) is 16. The Labute approximate surface area is 467 Å². The Morgan fingerprint density at radius 3 is 1.76 bits per heavy atom. The van der Waals surface area contributed by atoms with Gasteiger partial charge in [0.2, 0.25) is 27.7 Å². The van der Waals surface area contributed by atoms with E-state index in [1.807, 2.05) is 33.9 Å². The van der Waals surface area contributed by atoms with Gasteiger partial charge in [-0.05, 0) is 129 Å². The van der Waals surface area contributed by atoms with Gasteiger partial charge < -0.3 is 63.9 Å². The van der Waals surface area contributed by atoms with Crippen LogP contribution >= 0.6 is 0 Å². The number of benzene rings is 2. The molecule has 5 N–H and O–H groups in total. The van der Waals surface area contributed by atoms with Crippen LogP contribution in [0.5, 0.6) is 11.5 Å². The Hall–Kier alpha value is -6.18. The molecular weight excluding hydrogens is 1060 g/mol. The summed E-state index contributed by atoms with van der Waals surface area (Å²) in [6.45, 7) is 26.3. The third kappa shape index (κ3) is 22.1. The van der Waals surface area contributed by atoms with Gasteiger partial charge in [0.1, 0.15) is 65.7 Å². The molecule has 1 heterocycles. The monoisotopic (exact) mass is 1150 g/mol. The summed E-state index contributed by atoms with van der Waals surface area (Å²) in [4.78, 5) is 97.4. The minimum Gasteiger partial charge on any atom is -0.491 e. The molecule has 0 radical (unpaired) electrons. The van der Waals surface area contributed by atoms with E-state index in [1.54, 1.807) is 92.6 Å². The van der Waals surface area contributed by atoms with Crippen molar-refractivity contribution in [2.45, 2.75) is 162 Å². The summed E-state index contributed by atoms with van der Waals surface area (Å²) in [5.74, 6) is -3.46. The van der Waals surface area contributed by atoms with Crippen LogP contribution in [0.4, 0.5) is 14.4 Å². The van der Waals surface area contributed by atoms with Crippen LogP contribution in [0.2, 0.25) is 18.1 Å². The number of carbonyl (C=O) groups is 7. The third-order valence-corrected chi connectivity index (χ3v) is 18.3.